The maximum Gasteiger partial charge on any atom is 0.242 e. The van der Waals surface area contributed by atoms with Crippen LogP contribution in [0.15, 0.2) is 36.7 Å². The van der Waals surface area contributed by atoms with E-state index in [4.69, 9.17) is 0 Å². The summed E-state index contributed by atoms with van der Waals surface area (Å²) in [5.41, 5.74) is 9.75. The number of hydrogen-bond acceptors (Lipinski definition) is 5. The summed E-state index contributed by atoms with van der Waals surface area (Å²) in [6.07, 6.45) is 3.61. The van der Waals surface area contributed by atoms with Crippen molar-refractivity contribution in [3.8, 4) is 0 Å². The third-order valence-corrected chi connectivity index (χ3v) is 2.52. The van der Waals surface area contributed by atoms with Crippen LogP contribution in [0.25, 0.3) is 5.57 Å². The molecule has 0 radical (unpaired) electrons. The smallest absolute Gasteiger partial charge is 0.242 e. The molecule has 98 valence electrons. The van der Waals surface area contributed by atoms with Gasteiger partial charge in [0.25, 0.3) is 0 Å². The van der Waals surface area contributed by atoms with Crippen molar-refractivity contribution >= 4 is 11.5 Å². The molecule has 5 nitrogen and oxygen atoms in total. The van der Waals surface area contributed by atoms with Crippen molar-refractivity contribution in [2.45, 2.75) is 20.8 Å². The molecule has 19 heavy (non-hydrogen) atoms. The van der Waals surface area contributed by atoms with Gasteiger partial charge in [0.15, 0.2) is 0 Å². The second kappa shape index (κ2) is 5.95. The van der Waals surface area contributed by atoms with E-state index in [2.05, 4.69) is 25.8 Å². The summed E-state index contributed by atoms with van der Waals surface area (Å²) in [4.78, 5) is 12.8. The minimum Gasteiger partial charge on any atom is -0.305 e. The number of anilines is 1. The normalized spacial score (nSPS) is 11.2. The molecule has 2 heterocycles. The summed E-state index contributed by atoms with van der Waals surface area (Å²) in [6, 6.07) is 7.74. The molecule has 0 aliphatic heterocycles. The van der Waals surface area contributed by atoms with Gasteiger partial charge in [0, 0.05) is 23.8 Å². The van der Waals surface area contributed by atoms with Gasteiger partial charge in [0.2, 0.25) is 5.95 Å². The number of aryl methyl sites for hydroxylation is 2. The first-order chi connectivity index (χ1) is 9.15. The molecule has 0 spiro atoms. The van der Waals surface area contributed by atoms with Gasteiger partial charge >= 0.3 is 0 Å². The predicted molar refractivity (Wildman–Crippen MR) is 76.2 cm³/mol. The fourth-order valence-corrected chi connectivity index (χ4v) is 1.66. The maximum absolute atomic E-state index is 4.27. The van der Waals surface area contributed by atoms with Crippen molar-refractivity contribution in [2.75, 3.05) is 5.43 Å². The molecule has 0 saturated carbocycles. The highest BCUT2D eigenvalue weighted by atomic mass is 15.4. The minimum absolute atomic E-state index is 0.558. The number of nitrogens with zero attached hydrogens (tertiary/aromatic N) is 3. The highest BCUT2D eigenvalue weighted by molar-refractivity contribution is 5.59. The van der Waals surface area contributed by atoms with Gasteiger partial charge in [0.1, 0.15) is 0 Å². The van der Waals surface area contributed by atoms with E-state index < -0.39 is 0 Å². The zero-order valence-electron chi connectivity index (χ0n) is 11.3. The summed E-state index contributed by atoms with van der Waals surface area (Å²) in [7, 11) is 0. The van der Waals surface area contributed by atoms with Crippen LogP contribution in [0.3, 0.4) is 0 Å². The highest BCUT2D eigenvalue weighted by Gasteiger charge is 1.98. The van der Waals surface area contributed by atoms with E-state index in [9.17, 15) is 0 Å². The highest BCUT2D eigenvalue weighted by Crippen LogP contribution is 2.08. The Bertz CT molecular complexity index is 557. The van der Waals surface area contributed by atoms with Crippen molar-refractivity contribution < 1.29 is 0 Å². The average Bonchev–Trinajstić information content (AvgIpc) is 2.38. The van der Waals surface area contributed by atoms with Crippen LogP contribution in [0.1, 0.15) is 24.0 Å². The maximum atomic E-state index is 4.27. The van der Waals surface area contributed by atoms with Crippen LogP contribution in [0.5, 0.6) is 0 Å². The lowest BCUT2D eigenvalue weighted by molar-refractivity contribution is 0.959. The van der Waals surface area contributed by atoms with Crippen molar-refractivity contribution in [2.24, 2.45) is 0 Å². The van der Waals surface area contributed by atoms with Gasteiger partial charge in [-0.3, -0.25) is 10.4 Å². The first-order valence-corrected chi connectivity index (χ1v) is 6.07. The molecule has 0 bridgehead atoms. The number of rotatable bonds is 4. The average molecular weight is 255 g/mol. The molecule has 0 fully saturated rings. The van der Waals surface area contributed by atoms with Gasteiger partial charge < -0.3 is 5.43 Å². The molecule has 2 N–H and O–H groups in total. The van der Waals surface area contributed by atoms with E-state index >= 15 is 0 Å². The molecule has 2 aromatic heterocycles. The molecule has 0 aliphatic rings. The van der Waals surface area contributed by atoms with Crippen LogP contribution < -0.4 is 10.9 Å². The Morgan fingerprint density at radius 3 is 2.53 bits per heavy atom. The van der Waals surface area contributed by atoms with Crippen molar-refractivity contribution in [3.63, 3.8) is 0 Å². The van der Waals surface area contributed by atoms with Crippen molar-refractivity contribution in [3.05, 3.63) is 53.7 Å². The monoisotopic (exact) mass is 255 g/mol. The molecule has 2 rings (SSSR count). The van der Waals surface area contributed by atoms with Crippen LogP contribution >= 0.6 is 0 Å². The number of nitrogens with one attached hydrogen (secondary N) is 2. The summed E-state index contributed by atoms with van der Waals surface area (Å²) in [6.45, 7) is 5.86. The first kappa shape index (κ1) is 13.0. The number of allylic oxidation sites excluding steroid dienone is 1. The molecule has 0 aromatic carbocycles. The van der Waals surface area contributed by atoms with Gasteiger partial charge in [0.05, 0.1) is 5.69 Å². The number of hydrazine groups is 1. The summed E-state index contributed by atoms with van der Waals surface area (Å²) >= 11 is 0. The van der Waals surface area contributed by atoms with Gasteiger partial charge in [-0.05, 0) is 44.5 Å². The van der Waals surface area contributed by atoms with Crippen LogP contribution in [0.4, 0.5) is 5.95 Å². The number of pyridine rings is 1. The second-order valence-corrected chi connectivity index (χ2v) is 4.29. The lowest BCUT2D eigenvalue weighted by atomic mass is 10.2. The Labute approximate surface area is 112 Å². The van der Waals surface area contributed by atoms with E-state index in [0.717, 1.165) is 22.7 Å². The van der Waals surface area contributed by atoms with Crippen LogP contribution in [-0.4, -0.2) is 15.0 Å². The van der Waals surface area contributed by atoms with E-state index in [-0.39, 0.29) is 0 Å². The van der Waals surface area contributed by atoms with E-state index in [0.29, 0.717) is 5.95 Å². The molecular weight excluding hydrogens is 238 g/mol. The minimum atomic E-state index is 0.558. The van der Waals surface area contributed by atoms with Gasteiger partial charge in [-0.1, -0.05) is 6.07 Å². The molecule has 5 heteroatoms. The quantitative estimate of drug-likeness (QED) is 0.822. The van der Waals surface area contributed by atoms with E-state index in [1.54, 1.807) is 6.20 Å². The zero-order valence-corrected chi connectivity index (χ0v) is 11.3. The van der Waals surface area contributed by atoms with Gasteiger partial charge in [-0.15, -0.1) is 0 Å². The van der Waals surface area contributed by atoms with Crippen LogP contribution in [0, 0.1) is 13.8 Å². The Morgan fingerprint density at radius 2 is 1.89 bits per heavy atom. The lowest BCUT2D eigenvalue weighted by Crippen LogP contribution is -2.17. The summed E-state index contributed by atoms with van der Waals surface area (Å²) in [5, 5.41) is 0. The summed E-state index contributed by atoms with van der Waals surface area (Å²) in [5.74, 6) is 0.558. The lowest BCUT2D eigenvalue weighted by Gasteiger charge is -2.07. The number of hydrogen-bond donors (Lipinski definition) is 2. The van der Waals surface area contributed by atoms with Gasteiger partial charge in [-0.25, -0.2) is 9.97 Å². The molecule has 0 saturated heterocycles. The predicted octanol–water partition coefficient (Wildman–Crippen LogP) is 2.47. The Kier molecular flexibility index (Phi) is 4.07. The number of aromatic nitrogens is 3. The Balaban J connectivity index is 1.99. The van der Waals surface area contributed by atoms with Crippen LogP contribution in [-0.2, 0) is 0 Å². The fraction of sp³-hybridized carbons (Fsp3) is 0.214. The second-order valence-electron chi connectivity index (χ2n) is 4.29. The van der Waals surface area contributed by atoms with Crippen LogP contribution in [0.2, 0.25) is 0 Å². The third-order valence-electron chi connectivity index (χ3n) is 2.52. The molecule has 0 amide bonds. The first-order valence-electron chi connectivity index (χ1n) is 6.07. The van der Waals surface area contributed by atoms with E-state index in [1.165, 1.54) is 0 Å². The summed E-state index contributed by atoms with van der Waals surface area (Å²) < 4.78 is 0. The SMILES string of the molecule is CC(=CNNc1nc(C)cc(C)n1)c1ccccn1. The molecule has 2 aromatic rings. The topological polar surface area (TPSA) is 62.7 Å². The molecular formula is C14H17N5. The standard InChI is InChI=1S/C14H17N5/c1-10(13-6-4-5-7-15-13)9-16-19-14-17-11(2)8-12(3)18-14/h4-9,16H,1-3H3,(H,17,18,19). The third kappa shape index (κ3) is 3.77. The Hall–Kier alpha value is -2.43. The molecule has 0 atom stereocenters. The zero-order chi connectivity index (χ0) is 13.7. The molecule has 0 unspecified atom stereocenters. The molecule has 0 aliphatic carbocycles. The largest absolute Gasteiger partial charge is 0.305 e. The van der Waals surface area contributed by atoms with Crippen molar-refractivity contribution in [1.82, 2.24) is 20.4 Å². The van der Waals surface area contributed by atoms with Gasteiger partial charge in [-0.2, -0.15) is 0 Å². The fourth-order valence-electron chi connectivity index (χ4n) is 1.66. The van der Waals surface area contributed by atoms with E-state index in [1.807, 2.05) is 51.2 Å². The Morgan fingerprint density at radius 1 is 1.16 bits per heavy atom. The van der Waals surface area contributed by atoms with Crippen molar-refractivity contribution in [1.29, 1.82) is 0 Å².